The molecule has 2 aliphatic heterocycles. The molecule has 3 N–H and O–H groups in total. The third kappa shape index (κ3) is 7.24. The van der Waals surface area contributed by atoms with Crippen molar-refractivity contribution in [3.63, 3.8) is 0 Å². The molecule has 3 rings (SSSR count). The normalized spacial score (nSPS) is 37.3. The predicted molar refractivity (Wildman–Crippen MR) is 132 cm³/mol. The number of nitrogens with one attached hydrogen (secondary N) is 1. The van der Waals surface area contributed by atoms with Crippen molar-refractivity contribution in [1.82, 2.24) is 5.32 Å². The molecule has 36 heavy (non-hydrogen) atoms. The lowest BCUT2D eigenvalue weighted by Gasteiger charge is -2.42. The molecule has 7 atom stereocenters. The zero-order valence-electron chi connectivity index (χ0n) is 21.7. The SMILES string of the molecule is CC(=O)O[C@@H]1/C=C/C(C)=C/C[C@H](O)/C=C/C(C)=C/[C@@H](NC(=O)[C@H](C)O)[C@]2(C)C(=O)O[C@@H](C1)[C@@H](C)C2=O. The molecule has 1 aliphatic carbocycles. The van der Waals surface area contributed by atoms with Crippen LogP contribution in [0.3, 0.4) is 0 Å². The first-order valence-electron chi connectivity index (χ1n) is 12.1. The fraction of sp³-hybridized carbons (Fsp3) is 0.556. The molecule has 1 fully saturated rings. The zero-order chi connectivity index (χ0) is 27.2. The van der Waals surface area contributed by atoms with E-state index in [4.69, 9.17) is 9.47 Å². The molecular weight excluding hydrogens is 466 g/mol. The van der Waals surface area contributed by atoms with Crippen LogP contribution in [0.1, 0.15) is 54.4 Å². The highest BCUT2D eigenvalue weighted by Crippen LogP contribution is 2.38. The molecule has 0 unspecified atom stereocenters. The van der Waals surface area contributed by atoms with E-state index in [1.165, 1.54) is 26.8 Å². The van der Waals surface area contributed by atoms with Gasteiger partial charge in [0.1, 0.15) is 23.7 Å². The number of fused-ring (bicyclic) bond motifs is 10. The summed E-state index contributed by atoms with van der Waals surface area (Å²) in [5, 5.41) is 22.7. The molecule has 0 saturated carbocycles. The molecule has 0 aromatic rings. The highest BCUT2D eigenvalue weighted by atomic mass is 16.6. The van der Waals surface area contributed by atoms with Crippen molar-refractivity contribution in [2.45, 2.75) is 84.8 Å². The number of ether oxygens (including phenoxy) is 2. The monoisotopic (exact) mass is 503 g/mol. The van der Waals surface area contributed by atoms with Gasteiger partial charge in [0.25, 0.3) is 0 Å². The van der Waals surface area contributed by atoms with Crippen LogP contribution in [-0.2, 0) is 28.7 Å². The van der Waals surface area contributed by atoms with E-state index in [9.17, 15) is 29.4 Å². The molecule has 3 aliphatic rings. The van der Waals surface area contributed by atoms with E-state index in [-0.39, 0.29) is 6.42 Å². The van der Waals surface area contributed by atoms with Gasteiger partial charge in [-0.05, 0) is 40.2 Å². The van der Waals surface area contributed by atoms with Gasteiger partial charge in [-0.15, -0.1) is 0 Å². The Morgan fingerprint density at radius 1 is 1.19 bits per heavy atom. The fourth-order valence-electron chi connectivity index (χ4n) is 4.17. The smallest absolute Gasteiger partial charge is 0.322 e. The van der Waals surface area contributed by atoms with E-state index >= 15 is 0 Å². The van der Waals surface area contributed by atoms with Crippen molar-refractivity contribution < 1.29 is 38.9 Å². The summed E-state index contributed by atoms with van der Waals surface area (Å²) in [5.41, 5.74) is -0.358. The van der Waals surface area contributed by atoms with Crippen LogP contribution >= 0.6 is 0 Å². The minimum Gasteiger partial charge on any atom is -0.461 e. The van der Waals surface area contributed by atoms with Crippen LogP contribution in [0, 0.1) is 11.3 Å². The van der Waals surface area contributed by atoms with Gasteiger partial charge in [0.2, 0.25) is 5.91 Å². The van der Waals surface area contributed by atoms with E-state index in [0.29, 0.717) is 12.0 Å². The summed E-state index contributed by atoms with van der Waals surface area (Å²) in [4.78, 5) is 51.0. The Hall–Kier alpha value is -3.04. The third-order valence-electron chi connectivity index (χ3n) is 6.51. The maximum absolute atomic E-state index is 13.7. The fourth-order valence-corrected chi connectivity index (χ4v) is 4.17. The van der Waals surface area contributed by atoms with Crippen LogP contribution in [0.25, 0.3) is 0 Å². The number of hydrogen-bond donors (Lipinski definition) is 3. The molecule has 0 aromatic carbocycles. The number of Topliss-reactive ketones (excluding diaryl/α,β-unsaturated/α-hetero) is 1. The first-order chi connectivity index (χ1) is 16.7. The second-order valence-corrected chi connectivity index (χ2v) is 9.72. The van der Waals surface area contributed by atoms with Crippen molar-refractivity contribution in [1.29, 1.82) is 0 Å². The molecule has 1 amide bonds. The molecule has 9 heteroatoms. The molecular formula is C27H37NO8. The number of aliphatic hydroxyl groups is 2. The highest BCUT2D eigenvalue weighted by molar-refractivity contribution is 6.08. The van der Waals surface area contributed by atoms with E-state index < -0.39 is 65.4 Å². The average Bonchev–Trinajstić information content (AvgIpc) is 2.80. The van der Waals surface area contributed by atoms with E-state index in [1.807, 2.05) is 13.0 Å². The van der Waals surface area contributed by atoms with Gasteiger partial charge in [-0.2, -0.15) is 0 Å². The number of rotatable bonds is 3. The van der Waals surface area contributed by atoms with Crippen molar-refractivity contribution >= 4 is 23.6 Å². The molecule has 2 heterocycles. The number of hydrogen-bond acceptors (Lipinski definition) is 8. The van der Waals surface area contributed by atoms with Gasteiger partial charge in [-0.1, -0.05) is 48.5 Å². The summed E-state index contributed by atoms with van der Waals surface area (Å²) in [6.07, 6.45) is 6.59. The Labute approximate surface area is 211 Å². The Kier molecular flexibility index (Phi) is 9.95. The standard InChI is InChI=1S/C27H37NO8/c1-15-7-10-20(31)11-8-16(2)13-23(28-25(33)18(4)29)27(6)24(32)17(3)22(36-26(27)34)14-21(12-9-15)35-19(5)30/h7-9,11-13,17-18,20-23,29,31H,10,14H2,1-6H3,(H,28,33)/b11-8+,12-9+,15-7+,16-13+/t17-,18+,20+,21-,22+,23-,27+/m1/s1. The summed E-state index contributed by atoms with van der Waals surface area (Å²) < 4.78 is 11.1. The average molecular weight is 504 g/mol. The Balaban J connectivity index is 2.60. The summed E-state index contributed by atoms with van der Waals surface area (Å²) in [6.45, 7) is 9.13. The second kappa shape index (κ2) is 12.3. The zero-order valence-corrected chi connectivity index (χ0v) is 21.7. The molecule has 9 nitrogen and oxygen atoms in total. The first-order valence-corrected chi connectivity index (χ1v) is 12.1. The minimum absolute atomic E-state index is 0.0713. The topological polar surface area (TPSA) is 139 Å². The van der Waals surface area contributed by atoms with Crippen molar-refractivity contribution in [3.05, 3.63) is 47.6 Å². The summed E-state index contributed by atoms with van der Waals surface area (Å²) in [5.74, 6) is -3.31. The molecule has 0 spiro atoms. The van der Waals surface area contributed by atoms with Gasteiger partial charge in [0, 0.05) is 13.3 Å². The van der Waals surface area contributed by atoms with Crippen molar-refractivity contribution in [3.8, 4) is 0 Å². The maximum atomic E-state index is 13.7. The minimum atomic E-state index is -1.77. The van der Waals surface area contributed by atoms with Crippen LogP contribution in [0.15, 0.2) is 47.6 Å². The van der Waals surface area contributed by atoms with Crippen LogP contribution in [-0.4, -0.2) is 64.3 Å². The predicted octanol–water partition coefficient (Wildman–Crippen LogP) is 2.08. The van der Waals surface area contributed by atoms with Gasteiger partial charge in [-0.3, -0.25) is 19.2 Å². The molecule has 0 aromatic heterocycles. The van der Waals surface area contributed by atoms with Gasteiger partial charge < -0.3 is 25.0 Å². The Bertz CT molecular complexity index is 992. The third-order valence-corrected chi connectivity index (χ3v) is 6.51. The number of ketones is 1. The van der Waals surface area contributed by atoms with Crippen LogP contribution < -0.4 is 5.32 Å². The summed E-state index contributed by atoms with van der Waals surface area (Å²) >= 11 is 0. The number of esters is 2. The number of carbonyl (C=O) groups excluding carboxylic acids is 4. The number of allylic oxidation sites excluding steroid dienone is 4. The van der Waals surface area contributed by atoms with Crippen molar-refractivity contribution in [2.75, 3.05) is 0 Å². The number of amides is 1. The maximum Gasteiger partial charge on any atom is 0.322 e. The Morgan fingerprint density at radius 3 is 2.44 bits per heavy atom. The first kappa shape index (κ1) is 29.2. The number of aliphatic hydroxyl groups excluding tert-OH is 2. The lowest BCUT2D eigenvalue weighted by atomic mass is 9.69. The van der Waals surface area contributed by atoms with Crippen molar-refractivity contribution in [2.24, 2.45) is 11.3 Å². The van der Waals surface area contributed by atoms with E-state index in [1.54, 1.807) is 38.2 Å². The Morgan fingerprint density at radius 2 is 1.83 bits per heavy atom. The molecule has 1 saturated heterocycles. The molecule has 2 bridgehead atoms. The highest BCUT2D eigenvalue weighted by Gasteiger charge is 2.56. The largest absolute Gasteiger partial charge is 0.461 e. The van der Waals surface area contributed by atoms with Crippen LogP contribution in [0.4, 0.5) is 0 Å². The summed E-state index contributed by atoms with van der Waals surface area (Å²) in [6, 6.07) is -1.12. The second-order valence-electron chi connectivity index (χ2n) is 9.72. The van der Waals surface area contributed by atoms with Crippen LogP contribution in [0.5, 0.6) is 0 Å². The van der Waals surface area contributed by atoms with Crippen LogP contribution in [0.2, 0.25) is 0 Å². The van der Waals surface area contributed by atoms with Gasteiger partial charge in [0.05, 0.1) is 18.1 Å². The lowest BCUT2D eigenvalue weighted by molar-refractivity contribution is -0.182. The van der Waals surface area contributed by atoms with Gasteiger partial charge in [-0.25, -0.2) is 0 Å². The quantitative estimate of drug-likeness (QED) is 0.393. The molecule has 198 valence electrons. The van der Waals surface area contributed by atoms with Gasteiger partial charge >= 0.3 is 11.9 Å². The number of carbonyl (C=O) groups is 4. The van der Waals surface area contributed by atoms with E-state index in [0.717, 1.165) is 5.57 Å². The lowest BCUT2D eigenvalue weighted by Crippen LogP contribution is -2.62. The van der Waals surface area contributed by atoms with Gasteiger partial charge in [0.15, 0.2) is 5.78 Å². The summed E-state index contributed by atoms with van der Waals surface area (Å²) in [7, 11) is 0. The van der Waals surface area contributed by atoms with E-state index in [2.05, 4.69) is 5.32 Å². The molecule has 0 radical (unpaired) electrons.